The number of nitrogens with two attached hydrogens (primary N) is 1. The van der Waals surface area contributed by atoms with Crippen molar-refractivity contribution < 1.29 is 18.0 Å². The number of aryl methyl sites for hydroxylation is 2. The summed E-state index contributed by atoms with van der Waals surface area (Å²) in [6.07, 6.45) is -1.18. The summed E-state index contributed by atoms with van der Waals surface area (Å²) < 4.78 is 43.3. The van der Waals surface area contributed by atoms with Gasteiger partial charge in [0.05, 0.1) is 23.1 Å². The fourth-order valence-electron chi connectivity index (χ4n) is 4.98. The lowest BCUT2D eigenvalue weighted by atomic mass is 10.1. The van der Waals surface area contributed by atoms with Gasteiger partial charge in [0.15, 0.2) is 0 Å². The lowest BCUT2D eigenvalue weighted by molar-refractivity contribution is -0.137. The summed E-state index contributed by atoms with van der Waals surface area (Å²) in [5, 5.41) is 8.61. The van der Waals surface area contributed by atoms with Crippen molar-refractivity contribution in [3.63, 3.8) is 0 Å². The van der Waals surface area contributed by atoms with Crippen LogP contribution in [0.3, 0.4) is 0 Å². The topological polar surface area (TPSA) is 94.7 Å². The van der Waals surface area contributed by atoms with Crippen molar-refractivity contribution in [1.82, 2.24) is 20.1 Å². The molecule has 42 heavy (non-hydrogen) atoms. The van der Waals surface area contributed by atoms with Crippen LogP contribution in [0.15, 0.2) is 48.8 Å². The molecule has 226 valence electrons. The first-order valence-corrected chi connectivity index (χ1v) is 13.8. The second kappa shape index (κ2) is 12.5. The van der Waals surface area contributed by atoms with Gasteiger partial charge in [0.2, 0.25) is 0 Å². The van der Waals surface area contributed by atoms with Crippen molar-refractivity contribution in [2.45, 2.75) is 39.9 Å². The third-order valence-corrected chi connectivity index (χ3v) is 7.70. The molecule has 0 atom stereocenters. The van der Waals surface area contributed by atoms with Crippen molar-refractivity contribution in [2.75, 3.05) is 48.5 Å². The van der Waals surface area contributed by atoms with Crippen LogP contribution < -0.4 is 26.4 Å². The Morgan fingerprint density at radius 2 is 1.79 bits per heavy atom. The molecule has 0 radical (unpaired) electrons. The molecule has 0 aliphatic carbocycles. The van der Waals surface area contributed by atoms with Crippen molar-refractivity contribution >= 4 is 28.7 Å². The zero-order valence-electron chi connectivity index (χ0n) is 24.9. The highest BCUT2D eigenvalue weighted by molar-refractivity contribution is 6.05. The number of alkyl halides is 3. The van der Waals surface area contributed by atoms with Gasteiger partial charge >= 0.3 is 6.18 Å². The number of rotatable bonds is 8. The highest BCUT2D eigenvalue weighted by Crippen LogP contribution is 2.35. The van der Waals surface area contributed by atoms with E-state index in [1.54, 1.807) is 53.4 Å². The SMILES string of the molecule is CNN(/C=C(\N)c1cnn(C)c1C)c1cc(C(=O)Nc2cc(N3CCN(C(C)C)CC3)cc(C(F)(F)F)c2)ccc1C. The molecule has 2 aromatic carbocycles. The molecule has 1 amide bonds. The molecule has 0 bridgehead atoms. The standard InChI is InChI=1S/C30H39F3N8O/c1-19(2)39-9-11-40(12-10-39)25-15-23(30(31,32)33)14-24(16-25)37-29(42)22-8-7-20(3)28(13-22)41(35-5)18-27(34)26-17-36-38(6)21(26)4/h7-8,13-19,35H,9-12,34H2,1-6H3,(H,37,42)/b27-18-. The normalized spacial score (nSPS) is 14.9. The van der Waals surface area contributed by atoms with Crippen LogP contribution in [0, 0.1) is 13.8 Å². The molecular formula is C30H39F3N8O. The minimum atomic E-state index is -4.56. The van der Waals surface area contributed by atoms with Crippen LogP contribution >= 0.6 is 0 Å². The van der Waals surface area contributed by atoms with E-state index in [2.05, 4.69) is 34.6 Å². The molecule has 1 saturated heterocycles. The second-order valence-electron chi connectivity index (χ2n) is 10.8. The van der Waals surface area contributed by atoms with Crippen LogP contribution in [0.5, 0.6) is 0 Å². The summed E-state index contributed by atoms with van der Waals surface area (Å²) in [4.78, 5) is 17.6. The third kappa shape index (κ3) is 6.88. The Hall–Kier alpha value is -4.03. The van der Waals surface area contributed by atoms with E-state index in [1.807, 2.05) is 25.8 Å². The lowest BCUT2D eigenvalue weighted by Crippen LogP contribution is -2.49. The lowest BCUT2D eigenvalue weighted by Gasteiger charge is -2.38. The summed E-state index contributed by atoms with van der Waals surface area (Å²) >= 11 is 0. The highest BCUT2D eigenvalue weighted by atomic mass is 19.4. The molecule has 0 saturated carbocycles. The summed E-state index contributed by atoms with van der Waals surface area (Å²) in [6.45, 7) is 10.7. The average molecular weight is 585 g/mol. The number of hydrazine groups is 1. The maximum atomic E-state index is 13.8. The predicted octanol–water partition coefficient (Wildman–Crippen LogP) is 4.74. The molecule has 9 nitrogen and oxygen atoms in total. The summed E-state index contributed by atoms with van der Waals surface area (Å²) in [7, 11) is 3.55. The first kappa shape index (κ1) is 30.9. The van der Waals surface area contributed by atoms with Gasteiger partial charge in [-0.3, -0.25) is 19.4 Å². The van der Waals surface area contributed by atoms with Crippen LogP contribution in [0.1, 0.15) is 46.6 Å². The van der Waals surface area contributed by atoms with Crippen LogP contribution in [0.4, 0.5) is 30.2 Å². The van der Waals surface area contributed by atoms with Crippen molar-refractivity contribution in [3.8, 4) is 0 Å². The number of nitrogens with zero attached hydrogens (tertiary/aromatic N) is 5. The van der Waals surface area contributed by atoms with Crippen molar-refractivity contribution in [2.24, 2.45) is 12.8 Å². The maximum Gasteiger partial charge on any atom is 0.416 e. The van der Waals surface area contributed by atoms with Gasteiger partial charge in [-0.1, -0.05) is 6.07 Å². The van der Waals surface area contributed by atoms with E-state index in [0.29, 0.717) is 36.2 Å². The van der Waals surface area contributed by atoms with Gasteiger partial charge < -0.3 is 16.0 Å². The average Bonchev–Trinajstić information content (AvgIpc) is 3.29. The van der Waals surface area contributed by atoms with Crippen molar-refractivity contribution in [1.29, 1.82) is 0 Å². The zero-order chi connectivity index (χ0) is 30.8. The van der Waals surface area contributed by atoms with Crippen molar-refractivity contribution in [3.05, 3.63) is 76.7 Å². The van der Waals surface area contributed by atoms with E-state index in [4.69, 9.17) is 5.73 Å². The molecule has 4 rings (SSSR count). The van der Waals surface area contributed by atoms with Crippen LogP contribution in [0.25, 0.3) is 5.70 Å². The molecule has 0 spiro atoms. The van der Waals surface area contributed by atoms with E-state index in [9.17, 15) is 18.0 Å². The Kier molecular flexibility index (Phi) is 9.17. The second-order valence-corrected chi connectivity index (χ2v) is 10.8. The first-order chi connectivity index (χ1) is 19.8. The summed E-state index contributed by atoms with van der Waals surface area (Å²) in [6, 6.07) is 9.18. The quantitative estimate of drug-likeness (QED) is 0.330. The first-order valence-electron chi connectivity index (χ1n) is 13.8. The molecule has 1 fully saturated rings. The highest BCUT2D eigenvalue weighted by Gasteiger charge is 2.32. The van der Waals surface area contributed by atoms with E-state index < -0.39 is 17.6 Å². The van der Waals surface area contributed by atoms with Gasteiger partial charge in [-0.15, -0.1) is 0 Å². The minimum Gasteiger partial charge on any atom is -0.397 e. The molecule has 0 unspecified atom stereocenters. The number of amides is 1. The molecule has 3 aromatic rings. The van der Waals surface area contributed by atoms with Gasteiger partial charge in [-0.25, -0.2) is 5.43 Å². The third-order valence-electron chi connectivity index (χ3n) is 7.70. The number of carbonyl (C=O) groups excluding carboxylic acids is 1. The molecule has 1 aliphatic rings. The van der Waals surface area contributed by atoms with Crippen LogP contribution in [-0.4, -0.2) is 59.9 Å². The molecule has 2 heterocycles. The number of halogens is 3. The fourth-order valence-corrected chi connectivity index (χ4v) is 4.98. The number of anilines is 3. The minimum absolute atomic E-state index is 0.0832. The maximum absolute atomic E-state index is 13.8. The van der Waals surface area contributed by atoms with E-state index in [-0.39, 0.29) is 11.3 Å². The van der Waals surface area contributed by atoms with E-state index >= 15 is 0 Å². The summed E-state index contributed by atoms with van der Waals surface area (Å²) in [5.41, 5.74) is 13.1. The predicted molar refractivity (Wildman–Crippen MR) is 161 cm³/mol. The largest absolute Gasteiger partial charge is 0.416 e. The Bertz CT molecular complexity index is 1460. The Labute approximate surface area is 244 Å². The summed E-state index contributed by atoms with van der Waals surface area (Å²) in [5.74, 6) is -0.526. The Morgan fingerprint density at radius 1 is 1.10 bits per heavy atom. The van der Waals surface area contributed by atoms with E-state index in [0.717, 1.165) is 42.0 Å². The molecule has 1 aromatic heterocycles. The number of benzene rings is 2. The van der Waals surface area contributed by atoms with Gasteiger partial charge in [-0.2, -0.15) is 18.3 Å². The van der Waals surface area contributed by atoms with E-state index in [1.165, 1.54) is 0 Å². The smallest absolute Gasteiger partial charge is 0.397 e. The molecule has 1 aliphatic heterocycles. The Balaban J connectivity index is 1.60. The van der Waals surface area contributed by atoms with Gasteiger partial charge in [0.25, 0.3) is 5.91 Å². The number of nitrogens with one attached hydrogen (secondary N) is 2. The van der Waals surface area contributed by atoms with Gasteiger partial charge in [0, 0.05) is 80.7 Å². The van der Waals surface area contributed by atoms with Gasteiger partial charge in [-0.05, 0) is 63.6 Å². The number of piperazine rings is 1. The number of carbonyl (C=O) groups is 1. The molecular weight excluding hydrogens is 545 g/mol. The van der Waals surface area contributed by atoms with Crippen LogP contribution in [-0.2, 0) is 13.2 Å². The fraction of sp³-hybridized carbons (Fsp3) is 0.400. The molecule has 12 heteroatoms. The number of hydrogen-bond donors (Lipinski definition) is 3. The van der Waals surface area contributed by atoms with Gasteiger partial charge in [0.1, 0.15) is 0 Å². The number of hydrogen-bond acceptors (Lipinski definition) is 7. The monoisotopic (exact) mass is 584 g/mol. The Morgan fingerprint density at radius 3 is 2.36 bits per heavy atom. The number of aromatic nitrogens is 2. The molecule has 4 N–H and O–H groups in total. The zero-order valence-corrected chi connectivity index (χ0v) is 24.9. The van der Waals surface area contributed by atoms with Crippen LogP contribution in [0.2, 0.25) is 0 Å².